The Hall–Kier alpha value is -2.99. The summed E-state index contributed by atoms with van der Waals surface area (Å²) in [4.78, 5) is 29.1. The first-order valence-electron chi connectivity index (χ1n) is 10.9. The van der Waals surface area contributed by atoms with Gasteiger partial charge in [-0.3, -0.25) is 0 Å². The number of benzene rings is 2. The molecule has 0 saturated carbocycles. The molecule has 2 aliphatic rings. The lowest BCUT2D eigenvalue weighted by atomic mass is 9.80. The van der Waals surface area contributed by atoms with Crippen molar-refractivity contribution in [2.45, 2.75) is 37.3 Å². The molecule has 4 rings (SSSR count). The molecule has 0 bridgehead atoms. The summed E-state index contributed by atoms with van der Waals surface area (Å²) >= 11 is 1.70. The molecule has 166 valence electrons. The number of allylic oxidation sites excluding steroid dienone is 1. The summed E-state index contributed by atoms with van der Waals surface area (Å²) in [6, 6.07) is 18.2. The zero-order valence-corrected chi connectivity index (χ0v) is 19.4. The number of hydrogen-bond acceptors (Lipinski definition) is 6. The van der Waals surface area contributed by atoms with Gasteiger partial charge in [0, 0.05) is 22.9 Å². The van der Waals surface area contributed by atoms with Crippen LogP contribution in [0.4, 0.5) is 0 Å². The minimum absolute atomic E-state index is 0.227. The van der Waals surface area contributed by atoms with Crippen molar-refractivity contribution in [3.8, 4) is 0 Å². The summed E-state index contributed by atoms with van der Waals surface area (Å²) < 4.78 is 10.9. The van der Waals surface area contributed by atoms with Crippen LogP contribution >= 0.6 is 11.8 Å². The number of likely N-dealkylation sites (N-methyl/N-ethyl adjacent to an activating group) is 1. The first-order chi connectivity index (χ1) is 15.6. The Kier molecular flexibility index (Phi) is 6.70. The third kappa shape index (κ3) is 4.07. The Morgan fingerprint density at radius 3 is 2.56 bits per heavy atom. The summed E-state index contributed by atoms with van der Waals surface area (Å²) in [5.74, 6) is -0.469. The van der Waals surface area contributed by atoms with E-state index in [0.717, 1.165) is 27.6 Å². The van der Waals surface area contributed by atoms with Gasteiger partial charge in [0.2, 0.25) is 0 Å². The second-order valence-electron chi connectivity index (χ2n) is 7.65. The molecule has 0 radical (unpaired) electrons. The molecule has 0 spiro atoms. The third-order valence-electron chi connectivity index (χ3n) is 5.85. The Morgan fingerprint density at radius 2 is 1.84 bits per heavy atom. The average Bonchev–Trinajstić information content (AvgIpc) is 3.19. The molecule has 0 amide bonds. The van der Waals surface area contributed by atoms with Gasteiger partial charge in [-0.15, -0.1) is 11.8 Å². The number of hydrogen-bond donors (Lipinski definition) is 0. The zero-order chi connectivity index (χ0) is 22.7. The highest BCUT2D eigenvalue weighted by molar-refractivity contribution is 7.98. The van der Waals surface area contributed by atoms with Crippen molar-refractivity contribution in [1.82, 2.24) is 4.90 Å². The van der Waals surface area contributed by atoms with Gasteiger partial charge in [0.25, 0.3) is 0 Å². The van der Waals surface area contributed by atoms with E-state index < -0.39 is 5.92 Å². The molecule has 2 aliphatic heterocycles. The van der Waals surface area contributed by atoms with Crippen LogP contribution in [-0.4, -0.2) is 36.6 Å². The van der Waals surface area contributed by atoms with Crippen LogP contribution in [0.2, 0.25) is 0 Å². The summed E-state index contributed by atoms with van der Waals surface area (Å²) in [5.41, 5.74) is 4.86. The SMILES string of the molecule is CCOC(=O)C1=C(C)N(CC)C2=C(C(=O)OC2)C1c1ccccc1SCc1ccccc1. The second kappa shape index (κ2) is 9.65. The molecule has 0 fully saturated rings. The van der Waals surface area contributed by atoms with Crippen LogP contribution in [0, 0.1) is 0 Å². The van der Waals surface area contributed by atoms with E-state index >= 15 is 0 Å². The maximum atomic E-state index is 13.2. The molecule has 1 unspecified atom stereocenters. The van der Waals surface area contributed by atoms with Crippen molar-refractivity contribution >= 4 is 23.7 Å². The van der Waals surface area contributed by atoms with E-state index in [2.05, 4.69) is 12.1 Å². The lowest BCUT2D eigenvalue weighted by Gasteiger charge is -2.35. The van der Waals surface area contributed by atoms with Gasteiger partial charge >= 0.3 is 11.9 Å². The monoisotopic (exact) mass is 449 g/mol. The number of carbonyl (C=O) groups excluding carboxylic acids is 2. The van der Waals surface area contributed by atoms with E-state index in [9.17, 15) is 9.59 Å². The number of thioether (sulfide) groups is 1. The van der Waals surface area contributed by atoms with Crippen LogP contribution in [0.5, 0.6) is 0 Å². The van der Waals surface area contributed by atoms with E-state index in [4.69, 9.17) is 9.47 Å². The number of esters is 2. The Bertz CT molecular complexity index is 1090. The normalized spacial score (nSPS) is 18.0. The Labute approximate surface area is 193 Å². The first-order valence-corrected chi connectivity index (χ1v) is 11.9. The lowest BCUT2D eigenvalue weighted by Crippen LogP contribution is -2.34. The molecule has 0 N–H and O–H groups in total. The van der Waals surface area contributed by atoms with Gasteiger partial charge in [-0.05, 0) is 38.0 Å². The fourth-order valence-electron chi connectivity index (χ4n) is 4.42. The molecular formula is C26H27NO4S. The van der Waals surface area contributed by atoms with Crippen LogP contribution in [-0.2, 0) is 24.8 Å². The van der Waals surface area contributed by atoms with Crippen LogP contribution in [0.15, 0.2) is 82.0 Å². The molecule has 5 nitrogen and oxygen atoms in total. The van der Waals surface area contributed by atoms with Crippen molar-refractivity contribution in [2.75, 3.05) is 19.8 Å². The van der Waals surface area contributed by atoms with Crippen LogP contribution in [0.1, 0.15) is 37.8 Å². The number of cyclic esters (lactones) is 1. The van der Waals surface area contributed by atoms with Crippen molar-refractivity contribution in [3.63, 3.8) is 0 Å². The van der Waals surface area contributed by atoms with Gasteiger partial charge in [0.15, 0.2) is 0 Å². The predicted molar refractivity (Wildman–Crippen MR) is 125 cm³/mol. The van der Waals surface area contributed by atoms with Gasteiger partial charge < -0.3 is 14.4 Å². The highest BCUT2D eigenvalue weighted by atomic mass is 32.2. The van der Waals surface area contributed by atoms with E-state index in [0.29, 0.717) is 17.7 Å². The topological polar surface area (TPSA) is 55.8 Å². The van der Waals surface area contributed by atoms with Gasteiger partial charge in [-0.25, -0.2) is 9.59 Å². The van der Waals surface area contributed by atoms with Crippen molar-refractivity contribution in [1.29, 1.82) is 0 Å². The van der Waals surface area contributed by atoms with Gasteiger partial charge in [0.05, 0.1) is 29.4 Å². The van der Waals surface area contributed by atoms with Gasteiger partial charge in [0.1, 0.15) is 6.61 Å². The summed E-state index contributed by atoms with van der Waals surface area (Å²) in [5, 5.41) is 0. The summed E-state index contributed by atoms with van der Waals surface area (Å²) in [6.45, 7) is 6.86. The third-order valence-corrected chi connectivity index (χ3v) is 7.01. The van der Waals surface area contributed by atoms with Gasteiger partial charge in [-0.2, -0.15) is 0 Å². The molecule has 2 aromatic carbocycles. The van der Waals surface area contributed by atoms with Crippen molar-refractivity contribution in [2.24, 2.45) is 0 Å². The Balaban J connectivity index is 1.81. The number of carbonyl (C=O) groups is 2. The quantitative estimate of drug-likeness (QED) is 0.436. The fourth-order valence-corrected chi connectivity index (χ4v) is 5.46. The van der Waals surface area contributed by atoms with E-state index in [1.807, 2.05) is 61.2 Å². The van der Waals surface area contributed by atoms with Gasteiger partial charge in [-0.1, -0.05) is 48.5 Å². The van der Waals surface area contributed by atoms with Crippen LogP contribution in [0.3, 0.4) is 0 Å². The maximum Gasteiger partial charge on any atom is 0.337 e. The smallest absolute Gasteiger partial charge is 0.337 e. The maximum absolute atomic E-state index is 13.2. The molecule has 0 aliphatic carbocycles. The van der Waals surface area contributed by atoms with Crippen molar-refractivity contribution < 1.29 is 19.1 Å². The molecule has 0 saturated heterocycles. The highest BCUT2D eigenvalue weighted by Gasteiger charge is 2.45. The van der Waals surface area contributed by atoms with Crippen molar-refractivity contribution in [3.05, 3.63) is 88.3 Å². The fraction of sp³-hybridized carbons (Fsp3) is 0.308. The molecule has 6 heteroatoms. The zero-order valence-electron chi connectivity index (χ0n) is 18.6. The molecule has 1 atom stereocenters. The summed E-state index contributed by atoms with van der Waals surface area (Å²) in [7, 11) is 0. The molecule has 0 aromatic heterocycles. The minimum Gasteiger partial charge on any atom is -0.463 e. The Morgan fingerprint density at radius 1 is 1.12 bits per heavy atom. The number of ether oxygens (including phenoxy) is 2. The lowest BCUT2D eigenvalue weighted by molar-refractivity contribution is -0.139. The standard InChI is InChI=1S/C26H27NO4S/c1-4-27-17(3)22(25(28)30-5-2)23(24-20(27)15-31-26(24)29)19-13-9-10-14-21(19)32-16-18-11-7-6-8-12-18/h6-14,23H,4-5,15-16H2,1-3H3. The van der Waals surface area contributed by atoms with Crippen LogP contribution in [0.25, 0.3) is 0 Å². The first kappa shape index (κ1) is 22.2. The highest BCUT2D eigenvalue weighted by Crippen LogP contribution is 2.47. The molecule has 32 heavy (non-hydrogen) atoms. The van der Waals surface area contributed by atoms with Crippen LogP contribution < -0.4 is 0 Å². The molecular weight excluding hydrogens is 422 g/mol. The largest absolute Gasteiger partial charge is 0.463 e. The summed E-state index contributed by atoms with van der Waals surface area (Å²) in [6.07, 6.45) is 0. The average molecular weight is 450 g/mol. The number of rotatable bonds is 7. The molecule has 2 aromatic rings. The molecule has 2 heterocycles. The second-order valence-corrected chi connectivity index (χ2v) is 8.66. The number of nitrogens with zero attached hydrogens (tertiary/aromatic N) is 1. The predicted octanol–water partition coefficient (Wildman–Crippen LogP) is 5.05. The van der Waals surface area contributed by atoms with E-state index in [1.54, 1.807) is 18.7 Å². The van der Waals surface area contributed by atoms with E-state index in [-0.39, 0.29) is 25.2 Å². The van der Waals surface area contributed by atoms with E-state index in [1.165, 1.54) is 5.56 Å². The minimum atomic E-state index is -0.513.